The van der Waals surface area contributed by atoms with Gasteiger partial charge in [0.1, 0.15) is 5.82 Å². The minimum Gasteiger partial charge on any atom is -0.399 e. The second kappa shape index (κ2) is 7.42. The summed E-state index contributed by atoms with van der Waals surface area (Å²) in [6.07, 6.45) is 1.49. The summed E-state index contributed by atoms with van der Waals surface area (Å²) in [5, 5.41) is 4.50. The number of carbonyl (C=O) groups excluding carboxylic acids is 2. The summed E-state index contributed by atoms with van der Waals surface area (Å²) in [6, 6.07) is 3.60. The first-order valence-electron chi connectivity index (χ1n) is 5.39. The van der Waals surface area contributed by atoms with Crippen molar-refractivity contribution in [1.29, 1.82) is 0 Å². The first-order chi connectivity index (χ1) is 9.02. The molecule has 0 saturated heterocycles. The van der Waals surface area contributed by atoms with Crippen molar-refractivity contribution in [3.05, 3.63) is 36.7 Å². The molecule has 1 aromatic carbocycles. The summed E-state index contributed by atoms with van der Waals surface area (Å²) in [6.45, 7) is 3.68. The molecule has 0 aliphatic carbocycles. The van der Waals surface area contributed by atoms with E-state index in [0.717, 1.165) is 11.8 Å². The molecule has 5 nitrogen and oxygen atoms in total. The third-order valence-electron chi connectivity index (χ3n) is 1.97. The molecule has 0 fully saturated rings. The third kappa shape index (κ3) is 5.43. The van der Waals surface area contributed by atoms with Gasteiger partial charge in [0.25, 0.3) is 0 Å². The van der Waals surface area contributed by atoms with Crippen LogP contribution in [-0.4, -0.2) is 24.2 Å². The molecule has 1 aromatic rings. The number of urea groups is 1. The van der Waals surface area contributed by atoms with Crippen molar-refractivity contribution >= 4 is 29.4 Å². The van der Waals surface area contributed by atoms with Gasteiger partial charge < -0.3 is 11.1 Å². The number of imide groups is 1. The van der Waals surface area contributed by atoms with Crippen LogP contribution in [0.5, 0.6) is 0 Å². The predicted molar refractivity (Wildman–Crippen MR) is 73.3 cm³/mol. The number of nitrogen functional groups attached to an aromatic ring is 1. The number of nitrogens with two attached hydrogens (primary N) is 1. The van der Waals surface area contributed by atoms with Crippen molar-refractivity contribution in [3.8, 4) is 0 Å². The van der Waals surface area contributed by atoms with Crippen molar-refractivity contribution in [3.63, 3.8) is 0 Å². The molecule has 0 atom stereocenters. The predicted octanol–water partition coefficient (Wildman–Crippen LogP) is 1.51. The van der Waals surface area contributed by atoms with E-state index in [0.29, 0.717) is 10.6 Å². The number of carbonyl (C=O) groups is 2. The summed E-state index contributed by atoms with van der Waals surface area (Å²) >= 11 is 0.987. The molecule has 0 heterocycles. The van der Waals surface area contributed by atoms with Crippen LogP contribution in [0.2, 0.25) is 0 Å². The Labute approximate surface area is 114 Å². The van der Waals surface area contributed by atoms with Gasteiger partial charge in [-0.3, -0.25) is 10.1 Å². The van der Waals surface area contributed by atoms with Gasteiger partial charge in [-0.1, -0.05) is 6.08 Å². The highest BCUT2D eigenvalue weighted by molar-refractivity contribution is 8.00. The normalized spacial score (nSPS) is 9.74. The molecule has 7 heteroatoms. The first-order valence-corrected chi connectivity index (χ1v) is 6.38. The van der Waals surface area contributed by atoms with Crippen LogP contribution in [0.15, 0.2) is 35.7 Å². The molecule has 0 unspecified atom stereocenters. The number of benzene rings is 1. The number of thioether (sulfide) groups is 1. The zero-order valence-corrected chi connectivity index (χ0v) is 10.9. The lowest BCUT2D eigenvalue weighted by atomic mass is 10.3. The fourth-order valence-electron chi connectivity index (χ4n) is 1.15. The largest absolute Gasteiger partial charge is 0.399 e. The number of amides is 3. The Morgan fingerprint density at radius 1 is 1.47 bits per heavy atom. The maximum atomic E-state index is 13.4. The van der Waals surface area contributed by atoms with Crippen LogP contribution in [-0.2, 0) is 4.79 Å². The van der Waals surface area contributed by atoms with Gasteiger partial charge in [0.2, 0.25) is 5.91 Å². The summed E-state index contributed by atoms with van der Waals surface area (Å²) in [5.74, 6) is -1.07. The standard InChI is InChI=1S/C12H14FN3O2S/c1-2-5-15-12(18)16-11(17)7-19-10-4-3-8(14)6-9(10)13/h2-4,6H,1,5,7,14H2,(H2,15,16,17,18). The van der Waals surface area contributed by atoms with E-state index in [-0.39, 0.29) is 12.3 Å². The average molecular weight is 283 g/mol. The van der Waals surface area contributed by atoms with Crippen molar-refractivity contribution in [2.24, 2.45) is 0 Å². The van der Waals surface area contributed by atoms with Gasteiger partial charge in [0.05, 0.1) is 5.75 Å². The highest BCUT2D eigenvalue weighted by atomic mass is 32.2. The van der Waals surface area contributed by atoms with Crippen LogP contribution in [0.1, 0.15) is 0 Å². The molecular formula is C12H14FN3O2S. The number of hydrogen-bond donors (Lipinski definition) is 3. The van der Waals surface area contributed by atoms with E-state index in [1.165, 1.54) is 18.2 Å². The Morgan fingerprint density at radius 3 is 2.84 bits per heavy atom. The van der Waals surface area contributed by atoms with E-state index in [4.69, 9.17) is 5.73 Å². The molecule has 0 spiro atoms. The number of anilines is 1. The SMILES string of the molecule is C=CCNC(=O)NC(=O)CSc1ccc(N)cc1F. The van der Waals surface area contributed by atoms with E-state index in [9.17, 15) is 14.0 Å². The Kier molecular flexibility index (Phi) is 5.87. The molecule has 0 aromatic heterocycles. The maximum Gasteiger partial charge on any atom is 0.321 e. The first kappa shape index (κ1) is 15.0. The zero-order chi connectivity index (χ0) is 14.3. The van der Waals surface area contributed by atoms with Crippen LogP contribution in [0.4, 0.5) is 14.9 Å². The van der Waals surface area contributed by atoms with Crippen LogP contribution >= 0.6 is 11.8 Å². The second-order valence-electron chi connectivity index (χ2n) is 3.53. The minimum absolute atomic E-state index is 0.0671. The number of hydrogen-bond acceptors (Lipinski definition) is 4. The lowest BCUT2D eigenvalue weighted by Gasteiger charge is -2.05. The number of halogens is 1. The highest BCUT2D eigenvalue weighted by Gasteiger charge is 2.09. The molecule has 0 saturated carbocycles. The van der Waals surface area contributed by atoms with Crippen molar-refractivity contribution < 1.29 is 14.0 Å². The molecule has 3 amide bonds. The molecule has 102 valence electrons. The summed E-state index contributed by atoms with van der Waals surface area (Å²) in [5.41, 5.74) is 5.72. The van der Waals surface area contributed by atoms with Crippen molar-refractivity contribution in [2.75, 3.05) is 18.0 Å². The number of rotatable bonds is 5. The van der Waals surface area contributed by atoms with Gasteiger partial charge in [-0.2, -0.15) is 0 Å². The summed E-state index contributed by atoms with van der Waals surface area (Å²) in [4.78, 5) is 22.8. The topological polar surface area (TPSA) is 84.2 Å². The average Bonchev–Trinajstić information content (AvgIpc) is 2.35. The fraction of sp³-hybridized carbons (Fsp3) is 0.167. The lowest BCUT2D eigenvalue weighted by molar-refractivity contribution is -0.117. The van der Waals surface area contributed by atoms with Crippen LogP contribution in [0.3, 0.4) is 0 Å². The molecule has 19 heavy (non-hydrogen) atoms. The number of nitrogens with one attached hydrogen (secondary N) is 2. The minimum atomic E-state index is -0.608. The van der Waals surface area contributed by atoms with Crippen LogP contribution in [0, 0.1) is 5.82 Å². The molecule has 0 aliphatic heterocycles. The van der Waals surface area contributed by atoms with Gasteiger partial charge in [0, 0.05) is 17.1 Å². The Morgan fingerprint density at radius 2 is 2.21 bits per heavy atom. The molecule has 0 radical (unpaired) electrons. The summed E-state index contributed by atoms with van der Waals surface area (Å²) in [7, 11) is 0. The molecule has 0 aliphatic rings. The van der Waals surface area contributed by atoms with E-state index in [1.54, 1.807) is 6.07 Å². The Balaban J connectivity index is 2.41. The van der Waals surface area contributed by atoms with Gasteiger partial charge in [-0.15, -0.1) is 18.3 Å². The quantitative estimate of drug-likeness (QED) is 0.434. The van der Waals surface area contributed by atoms with E-state index in [2.05, 4.69) is 17.2 Å². The van der Waals surface area contributed by atoms with Gasteiger partial charge >= 0.3 is 6.03 Å². The lowest BCUT2D eigenvalue weighted by Crippen LogP contribution is -2.40. The summed E-state index contributed by atoms with van der Waals surface area (Å²) < 4.78 is 13.4. The Hall–Kier alpha value is -2.02. The zero-order valence-electron chi connectivity index (χ0n) is 10.1. The van der Waals surface area contributed by atoms with Gasteiger partial charge in [0.15, 0.2) is 0 Å². The van der Waals surface area contributed by atoms with E-state index in [1.807, 2.05) is 0 Å². The van der Waals surface area contributed by atoms with Crippen molar-refractivity contribution in [2.45, 2.75) is 4.90 Å². The third-order valence-corrected chi connectivity index (χ3v) is 3.02. The smallest absolute Gasteiger partial charge is 0.321 e. The molecular weight excluding hydrogens is 269 g/mol. The molecule has 1 rings (SSSR count). The Bertz CT molecular complexity index is 494. The molecule has 4 N–H and O–H groups in total. The van der Waals surface area contributed by atoms with Gasteiger partial charge in [-0.25, -0.2) is 9.18 Å². The van der Waals surface area contributed by atoms with E-state index < -0.39 is 17.8 Å². The monoisotopic (exact) mass is 283 g/mol. The fourth-order valence-corrected chi connectivity index (χ4v) is 1.87. The second-order valence-corrected chi connectivity index (χ2v) is 4.54. The molecule has 0 bridgehead atoms. The van der Waals surface area contributed by atoms with Crippen LogP contribution in [0.25, 0.3) is 0 Å². The maximum absolute atomic E-state index is 13.4. The van der Waals surface area contributed by atoms with E-state index >= 15 is 0 Å². The van der Waals surface area contributed by atoms with Crippen LogP contribution < -0.4 is 16.4 Å². The highest BCUT2D eigenvalue weighted by Crippen LogP contribution is 2.23. The van der Waals surface area contributed by atoms with Gasteiger partial charge in [-0.05, 0) is 18.2 Å². The van der Waals surface area contributed by atoms with Crippen molar-refractivity contribution in [1.82, 2.24) is 10.6 Å².